The number of aliphatic carboxylic acids is 1. The molecule has 0 spiro atoms. The average molecular weight is 350 g/mol. The van der Waals surface area contributed by atoms with Gasteiger partial charge in [-0.2, -0.15) is 0 Å². The lowest BCUT2D eigenvalue weighted by Crippen LogP contribution is -2.32. The highest BCUT2D eigenvalue weighted by atomic mass is 32.2. The number of aromatic nitrogens is 4. The van der Waals surface area contributed by atoms with Crippen molar-refractivity contribution in [3.63, 3.8) is 0 Å². The van der Waals surface area contributed by atoms with Crippen LogP contribution in [-0.2, 0) is 23.5 Å². The van der Waals surface area contributed by atoms with E-state index in [1.165, 1.54) is 0 Å². The highest BCUT2D eigenvalue weighted by molar-refractivity contribution is 7.98. The molecule has 1 unspecified atom stereocenters. The summed E-state index contributed by atoms with van der Waals surface area (Å²) in [5.74, 6) is -0.284. The van der Waals surface area contributed by atoms with Crippen molar-refractivity contribution in [1.29, 1.82) is 0 Å². The first-order chi connectivity index (χ1) is 11.5. The van der Waals surface area contributed by atoms with E-state index in [9.17, 15) is 4.79 Å². The fourth-order valence-corrected chi connectivity index (χ4v) is 2.92. The summed E-state index contributed by atoms with van der Waals surface area (Å²) in [5, 5.41) is 21.5. The first kappa shape index (κ1) is 18.4. The maximum absolute atomic E-state index is 10.9. The lowest BCUT2D eigenvalue weighted by Gasteiger charge is -2.10. The number of benzene rings is 1. The zero-order valence-electron chi connectivity index (χ0n) is 13.8. The van der Waals surface area contributed by atoms with Crippen LogP contribution in [0.1, 0.15) is 11.1 Å². The van der Waals surface area contributed by atoms with E-state index in [1.54, 1.807) is 16.4 Å². The molecule has 1 atom stereocenters. The van der Waals surface area contributed by atoms with Gasteiger partial charge in [0.2, 0.25) is 5.16 Å². The Bertz CT molecular complexity index is 675. The minimum absolute atomic E-state index is 0.314. The Morgan fingerprint density at radius 2 is 2.17 bits per heavy atom. The maximum Gasteiger partial charge on any atom is 0.320 e. The number of likely N-dealkylation sites (N-methyl/N-ethyl adjacent to an activating group) is 1. The normalized spacial score (nSPS) is 12.5. The van der Waals surface area contributed by atoms with Crippen molar-refractivity contribution < 1.29 is 9.90 Å². The van der Waals surface area contributed by atoms with Crippen LogP contribution in [0.15, 0.2) is 29.4 Å². The number of thioether (sulfide) groups is 1. The average Bonchev–Trinajstić information content (AvgIpc) is 2.98. The molecule has 0 amide bonds. The molecule has 0 saturated heterocycles. The summed E-state index contributed by atoms with van der Waals surface area (Å²) < 4.78 is 1.79. The van der Waals surface area contributed by atoms with Crippen LogP contribution in [0.25, 0.3) is 0 Å². The van der Waals surface area contributed by atoms with Gasteiger partial charge in [-0.3, -0.25) is 4.79 Å². The van der Waals surface area contributed by atoms with Crippen LogP contribution >= 0.6 is 11.8 Å². The molecule has 9 heteroatoms. The second-order valence-corrected chi connectivity index (χ2v) is 6.69. The minimum Gasteiger partial charge on any atom is -0.480 e. The van der Waals surface area contributed by atoms with Gasteiger partial charge in [0.05, 0.1) is 6.54 Å². The van der Waals surface area contributed by atoms with Gasteiger partial charge in [-0.1, -0.05) is 36.0 Å². The Balaban J connectivity index is 1.95. The van der Waals surface area contributed by atoms with Crippen LogP contribution in [0.4, 0.5) is 0 Å². The standard InChI is InChI=1S/C15H22N6O2S/c1-20(2)6-7-21-15(17-18-19-21)24-10-12-5-3-4-11(8-12)9-13(16)14(22)23/h3-5,8,13H,6-7,9-10,16H2,1-2H3,(H,22,23). The quantitative estimate of drug-likeness (QED) is 0.629. The summed E-state index contributed by atoms with van der Waals surface area (Å²) in [6.07, 6.45) is 0.314. The summed E-state index contributed by atoms with van der Waals surface area (Å²) in [5.41, 5.74) is 7.58. The molecule has 0 aliphatic rings. The fraction of sp³-hybridized carbons (Fsp3) is 0.467. The summed E-state index contributed by atoms with van der Waals surface area (Å²) in [6.45, 7) is 1.59. The lowest BCUT2D eigenvalue weighted by atomic mass is 10.0. The van der Waals surface area contributed by atoms with Crippen molar-refractivity contribution in [2.45, 2.75) is 29.9 Å². The molecule has 3 N–H and O–H groups in total. The molecule has 2 rings (SSSR count). The van der Waals surface area contributed by atoms with Gasteiger partial charge in [0.15, 0.2) is 0 Å². The maximum atomic E-state index is 10.9. The third-order valence-corrected chi connectivity index (χ3v) is 4.42. The molecule has 0 fully saturated rings. The third-order valence-electron chi connectivity index (χ3n) is 3.39. The molecule has 2 aromatic rings. The molecule has 24 heavy (non-hydrogen) atoms. The number of nitrogens with two attached hydrogens (primary N) is 1. The molecular weight excluding hydrogens is 328 g/mol. The second-order valence-electron chi connectivity index (χ2n) is 5.75. The van der Waals surface area contributed by atoms with Crippen LogP contribution in [0.2, 0.25) is 0 Å². The first-order valence-electron chi connectivity index (χ1n) is 7.55. The molecule has 0 bridgehead atoms. The number of tetrazole rings is 1. The van der Waals surface area contributed by atoms with Gasteiger partial charge in [-0.25, -0.2) is 4.68 Å². The Morgan fingerprint density at radius 3 is 2.88 bits per heavy atom. The number of carboxylic acids is 1. The predicted octanol–water partition coefficient (Wildman–Crippen LogP) is 0.481. The minimum atomic E-state index is -0.991. The zero-order valence-corrected chi connectivity index (χ0v) is 14.6. The highest BCUT2D eigenvalue weighted by Gasteiger charge is 2.12. The molecule has 0 radical (unpaired) electrons. The largest absolute Gasteiger partial charge is 0.480 e. The van der Waals surface area contributed by atoms with Crippen molar-refractivity contribution in [2.24, 2.45) is 5.73 Å². The molecular formula is C15H22N6O2S. The Morgan fingerprint density at radius 1 is 1.42 bits per heavy atom. The molecule has 130 valence electrons. The predicted molar refractivity (Wildman–Crippen MR) is 91.7 cm³/mol. The number of hydrogen-bond donors (Lipinski definition) is 2. The molecule has 1 heterocycles. The van der Waals surface area contributed by atoms with Gasteiger partial charge in [0, 0.05) is 12.3 Å². The summed E-state index contributed by atoms with van der Waals surface area (Å²) in [4.78, 5) is 12.9. The smallest absolute Gasteiger partial charge is 0.320 e. The van der Waals surface area contributed by atoms with E-state index >= 15 is 0 Å². The topological polar surface area (TPSA) is 110 Å². The Hall–Kier alpha value is -1.97. The number of nitrogens with zero attached hydrogens (tertiary/aromatic N) is 5. The van der Waals surface area contributed by atoms with E-state index < -0.39 is 12.0 Å². The van der Waals surface area contributed by atoms with Crippen LogP contribution in [0.3, 0.4) is 0 Å². The highest BCUT2D eigenvalue weighted by Crippen LogP contribution is 2.20. The summed E-state index contributed by atoms with van der Waals surface area (Å²) in [7, 11) is 4.01. The van der Waals surface area contributed by atoms with Gasteiger partial charge in [0.25, 0.3) is 0 Å². The van der Waals surface area contributed by atoms with Crippen LogP contribution in [0.5, 0.6) is 0 Å². The van der Waals surface area contributed by atoms with E-state index in [2.05, 4.69) is 20.4 Å². The van der Waals surface area contributed by atoms with E-state index in [0.29, 0.717) is 12.2 Å². The van der Waals surface area contributed by atoms with Crippen LogP contribution in [-0.4, -0.2) is 62.9 Å². The van der Waals surface area contributed by atoms with Gasteiger partial charge >= 0.3 is 5.97 Å². The van der Waals surface area contributed by atoms with E-state index in [4.69, 9.17) is 10.8 Å². The van der Waals surface area contributed by atoms with Crippen LogP contribution < -0.4 is 5.73 Å². The summed E-state index contributed by atoms with van der Waals surface area (Å²) >= 11 is 1.55. The number of rotatable bonds is 9. The lowest BCUT2D eigenvalue weighted by molar-refractivity contribution is -0.138. The fourth-order valence-electron chi connectivity index (χ4n) is 2.07. The summed E-state index contributed by atoms with van der Waals surface area (Å²) in [6, 6.07) is 6.89. The van der Waals surface area contributed by atoms with Crippen molar-refractivity contribution in [3.8, 4) is 0 Å². The van der Waals surface area contributed by atoms with Gasteiger partial charge in [-0.05, 0) is 42.1 Å². The molecule has 0 aliphatic heterocycles. The van der Waals surface area contributed by atoms with Crippen molar-refractivity contribution in [1.82, 2.24) is 25.1 Å². The van der Waals surface area contributed by atoms with E-state index in [1.807, 2.05) is 38.4 Å². The van der Waals surface area contributed by atoms with E-state index in [-0.39, 0.29) is 0 Å². The van der Waals surface area contributed by atoms with Crippen molar-refractivity contribution >= 4 is 17.7 Å². The van der Waals surface area contributed by atoms with Crippen molar-refractivity contribution in [2.75, 3.05) is 20.6 Å². The Labute approximate surface area is 145 Å². The second kappa shape index (κ2) is 8.76. The molecule has 1 aromatic heterocycles. The molecule has 8 nitrogen and oxygen atoms in total. The number of hydrogen-bond acceptors (Lipinski definition) is 7. The molecule has 1 aromatic carbocycles. The van der Waals surface area contributed by atoms with Gasteiger partial charge in [-0.15, -0.1) is 5.10 Å². The Kier molecular flexibility index (Phi) is 6.71. The van der Waals surface area contributed by atoms with Crippen LogP contribution in [0, 0.1) is 0 Å². The zero-order chi connectivity index (χ0) is 17.5. The SMILES string of the molecule is CN(C)CCn1nnnc1SCc1cccc(CC(N)C(=O)O)c1. The molecule has 0 aliphatic carbocycles. The number of carboxylic acid groups (broad SMARTS) is 1. The third kappa shape index (κ3) is 5.59. The molecule has 0 saturated carbocycles. The van der Waals surface area contributed by atoms with Gasteiger partial charge in [0.1, 0.15) is 6.04 Å². The first-order valence-corrected chi connectivity index (χ1v) is 8.54. The van der Waals surface area contributed by atoms with Gasteiger partial charge < -0.3 is 15.7 Å². The number of carbonyl (C=O) groups is 1. The van der Waals surface area contributed by atoms with Crippen molar-refractivity contribution in [3.05, 3.63) is 35.4 Å². The van der Waals surface area contributed by atoms with E-state index in [0.717, 1.165) is 29.4 Å². The monoisotopic (exact) mass is 350 g/mol.